The molecule has 1 saturated heterocycles. The number of hydrogen-bond donors (Lipinski definition) is 0. The van der Waals surface area contributed by atoms with E-state index in [-0.39, 0.29) is 18.3 Å². The summed E-state index contributed by atoms with van der Waals surface area (Å²) in [6.45, 7) is 9.07. The van der Waals surface area contributed by atoms with Crippen LogP contribution in [-0.2, 0) is 15.9 Å². The zero-order chi connectivity index (χ0) is 17.4. The monoisotopic (exact) mass is 324 g/mol. The van der Waals surface area contributed by atoms with Crippen LogP contribution in [0.4, 0.5) is 5.82 Å². The average molecular weight is 324 g/mol. The van der Waals surface area contributed by atoms with Gasteiger partial charge in [-0.3, -0.25) is 0 Å². The predicted molar refractivity (Wildman–Crippen MR) is 98.5 cm³/mol. The Hall–Kier alpha value is -1.85. The van der Waals surface area contributed by atoms with Gasteiger partial charge in [0.25, 0.3) is 0 Å². The molecule has 1 fully saturated rings. The number of hydrogen-bond acceptors (Lipinski definition) is 4. The van der Waals surface area contributed by atoms with Gasteiger partial charge in [-0.15, -0.1) is 0 Å². The summed E-state index contributed by atoms with van der Waals surface area (Å²) in [5.74, 6) is 0.908. The lowest BCUT2D eigenvalue weighted by molar-refractivity contribution is 0.00578. The number of aromatic nitrogens is 1. The van der Waals surface area contributed by atoms with E-state index in [9.17, 15) is 0 Å². The first-order chi connectivity index (χ1) is 11.3. The van der Waals surface area contributed by atoms with Gasteiger partial charge in [-0.1, -0.05) is 30.3 Å². The van der Waals surface area contributed by atoms with Crippen molar-refractivity contribution in [2.75, 3.05) is 11.9 Å². The smallest absolute Gasteiger partial charge is 0.399 e. The Labute approximate surface area is 145 Å². The molecule has 5 heteroatoms. The molecule has 24 heavy (non-hydrogen) atoms. The largest absolute Gasteiger partial charge is 0.495 e. The van der Waals surface area contributed by atoms with Gasteiger partial charge in [0, 0.05) is 19.8 Å². The van der Waals surface area contributed by atoms with Crippen molar-refractivity contribution < 1.29 is 9.31 Å². The molecular formula is C19H25BN2O2. The van der Waals surface area contributed by atoms with Crippen LogP contribution in [0.1, 0.15) is 33.3 Å². The fourth-order valence-corrected chi connectivity index (χ4v) is 2.71. The number of benzene rings is 1. The first kappa shape index (κ1) is 17.0. The maximum absolute atomic E-state index is 6.13. The molecule has 1 aromatic heterocycles. The van der Waals surface area contributed by atoms with Gasteiger partial charge in [-0.2, -0.15) is 0 Å². The van der Waals surface area contributed by atoms with Gasteiger partial charge in [0.1, 0.15) is 5.82 Å². The van der Waals surface area contributed by atoms with Crippen LogP contribution in [0.3, 0.4) is 0 Å². The third kappa shape index (κ3) is 3.33. The van der Waals surface area contributed by atoms with E-state index in [4.69, 9.17) is 9.31 Å². The minimum absolute atomic E-state index is 0.336. The average Bonchev–Trinajstić information content (AvgIpc) is 2.76. The molecular weight excluding hydrogens is 299 g/mol. The van der Waals surface area contributed by atoms with E-state index in [1.807, 2.05) is 31.4 Å². The molecule has 126 valence electrons. The lowest BCUT2D eigenvalue weighted by atomic mass is 9.79. The highest BCUT2D eigenvalue weighted by atomic mass is 16.7. The van der Waals surface area contributed by atoms with E-state index in [1.165, 1.54) is 5.56 Å². The molecule has 0 N–H and O–H groups in total. The van der Waals surface area contributed by atoms with Crippen LogP contribution in [0.25, 0.3) is 0 Å². The fourth-order valence-electron chi connectivity index (χ4n) is 2.71. The molecule has 0 bridgehead atoms. The second kappa shape index (κ2) is 6.23. The number of anilines is 1. The van der Waals surface area contributed by atoms with Gasteiger partial charge in [-0.05, 0) is 50.9 Å². The van der Waals surface area contributed by atoms with E-state index in [0.717, 1.165) is 17.8 Å². The minimum atomic E-state index is -0.359. The van der Waals surface area contributed by atoms with E-state index in [1.54, 1.807) is 0 Å². The molecule has 0 atom stereocenters. The Morgan fingerprint density at radius 1 is 1.00 bits per heavy atom. The Kier molecular flexibility index (Phi) is 4.41. The van der Waals surface area contributed by atoms with Crippen LogP contribution in [0.15, 0.2) is 48.7 Å². The summed E-state index contributed by atoms with van der Waals surface area (Å²) in [6.07, 6.45) is 1.82. The molecule has 0 radical (unpaired) electrons. The lowest BCUT2D eigenvalue weighted by Gasteiger charge is -2.32. The van der Waals surface area contributed by atoms with E-state index in [2.05, 4.69) is 61.8 Å². The van der Waals surface area contributed by atoms with Crippen molar-refractivity contribution in [3.63, 3.8) is 0 Å². The van der Waals surface area contributed by atoms with Crippen molar-refractivity contribution >= 4 is 18.4 Å². The van der Waals surface area contributed by atoms with E-state index < -0.39 is 0 Å². The summed E-state index contributed by atoms with van der Waals surface area (Å²) in [6, 6.07) is 14.4. The van der Waals surface area contributed by atoms with Gasteiger partial charge in [0.15, 0.2) is 0 Å². The van der Waals surface area contributed by atoms with Crippen molar-refractivity contribution in [3.05, 3.63) is 54.2 Å². The van der Waals surface area contributed by atoms with Gasteiger partial charge in [-0.25, -0.2) is 4.98 Å². The van der Waals surface area contributed by atoms with Crippen LogP contribution in [0, 0.1) is 0 Å². The molecule has 1 aliphatic rings. The summed E-state index contributed by atoms with van der Waals surface area (Å²) in [5, 5.41) is 0. The number of rotatable bonds is 4. The summed E-state index contributed by atoms with van der Waals surface area (Å²) < 4.78 is 12.3. The van der Waals surface area contributed by atoms with Gasteiger partial charge < -0.3 is 14.2 Å². The van der Waals surface area contributed by atoms with Gasteiger partial charge >= 0.3 is 7.12 Å². The normalized spacial score (nSPS) is 18.6. The summed E-state index contributed by atoms with van der Waals surface area (Å²) in [7, 11) is 1.69. The Balaban J connectivity index is 1.78. The summed E-state index contributed by atoms with van der Waals surface area (Å²) >= 11 is 0. The van der Waals surface area contributed by atoms with E-state index in [0.29, 0.717) is 0 Å². The third-order valence-electron chi connectivity index (χ3n) is 4.95. The topological polar surface area (TPSA) is 34.6 Å². The van der Waals surface area contributed by atoms with Crippen molar-refractivity contribution in [1.82, 2.24) is 4.98 Å². The Bertz CT molecular complexity index is 688. The first-order valence-corrected chi connectivity index (χ1v) is 8.35. The molecule has 1 aromatic carbocycles. The van der Waals surface area contributed by atoms with E-state index >= 15 is 0 Å². The Morgan fingerprint density at radius 3 is 2.25 bits per heavy atom. The predicted octanol–water partition coefficient (Wildman–Crippen LogP) is 3.02. The molecule has 0 spiro atoms. The molecule has 0 saturated carbocycles. The van der Waals surface area contributed by atoms with Crippen LogP contribution in [0.5, 0.6) is 0 Å². The van der Waals surface area contributed by atoms with Gasteiger partial charge in [0.2, 0.25) is 0 Å². The van der Waals surface area contributed by atoms with Crippen molar-refractivity contribution in [2.45, 2.75) is 45.4 Å². The standard InChI is InChI=1S/C19H25BN2O2/c1-18(2)19(3,4)24-20(23-18)16-11-12-21-17(13-16)22(5)14-15-9-7-6-8-10-15/h6-13H,14H2,1-5H3. The van der Waals surface area contributed by atoms with Crippen LogP contribution in [0.2, 0.25) is 0 Å². The highest BCUT2D eigenvalue weighted by Crippen LogP contribution is 2.36. The SMILES string of the molecule is CN(Cc1ccccc1)c1cc(B2OC(C)(C)C(C)(C)O2)ccn1. The first-order valence-electron chi connectivity index (χ1n) is 8.35. The summed E-state index contributed by atoms with van der Waals surface area (Å²) in [5.41, 5.74) is 1.58. The van der Waals surface area contributed by atoms with Crippen LogP contribution >= 0.6 is 0 Å². The van der Waals surface area contributed by atoms with Crippen LogP contribution in [-0.4, -0.2) is 30.4 Å². The minimum Gasteiger partial charge on any atom is -0.399 e. The second-order valence-corrected chi connectivity index (χ2v) is 7.38. The molecule has 2 heterocycles. The molecule has 0 amide bonds. The molecule has 3 rings (SSSR count). The quantitative estimate of drug-likeness (QED) is 0.810. The number of nitrogens with zero attached hydrogens (tertiary/aromatic N) is 2. The van der Waals surface area contributed by atoms with Crippen molar-refractivity contribution in [3.8, 4) is 0 Å². The third-order valence-corrected chi connectivity index (χ3v) is 4.95. The molecule has 0 aliphatic carbocycles. The molecule has 0 unspecified atom stereocenters. The molecule has 4 nitrogen and oxygen atoms in total. The second-order valence-electron chi connectivity index (χ2n) is 7.38. The number of pyridine rings is 1. The van der Waals surface area contributed by atoms with Crippen molar-refractivity contribution in [2.24, 2.45) is 0 Å². The zero-order valence-corrected chi connectivity index (χ0v) is 15.1. The highest BCUT2D eigenvalue weighted by Gasteiger charge is 2.51. The van der Waals surface area contributed by atoms with Crippen molar-refractivity contribution in [1.29, 1.82) is 0 Å². The molecule has 2 aromatic rings. The van der Waals surface area contributed by atoms with Gasteiger partial charge in [0.05, 0.1) is 11.2 Å². The molecule has 1 aliphatic heterocycles. The fraction of sp³-hybridized carbons (Fsp3) is 0.421. The summed E-state index contributed by atoms with van der Waals surface area (Å²) in [4.78, 5) is 6.62. The zero-order valence-electron chi connectivity index (χ0n) is 15.1. The Morgan fingerprint density at radius 2 is 1.62 bits per heavy atom. The lowest BCUT2D eigenvalue weighted by Crippen LogP contribution is -2.41. The maximum Gasteiger partial charge on any atom is 0.495 e. The maximum atomic E-state index is 6.13. The highest BCUT2D eigenvalue weighted by molar-refractivity contribution is 6.62. The van der Waals surface area contributed by atoms with Crippen LogP contribution < -0.4 is 10.4 Å².